The molecule has 474 valence electrons. The van der Waals surface area contributed by atoms with Crippen LogP contribution in [0.5, 0.6) is 34.5 Å². The quantitative estimate of drug-likeness (QED) is 0.0403. The molecule has 0 fully saturated rings. The summed E-state index contributed by atoms with van der Waals surface area (Å²) in [5.74, 6) is 4.23. The molecule has 13 aromatic heterocycles. The van der Waals surface area contributed by atoms with E-state index < -0.39 is 0 Å². The van der Waals surface area contributed by atoms with Crippen LogP contribution < -0.4 is 28.4 Å². The normalized spacial score (nSPS) is 11.4. The Bertz CT molecular complexity index is 4340. The maximum Gasteiger partial charge on any atom is 0.266 e. The molecule has 0 unspecified atom stereocenters. The van der Waals surface area contributed by atoms with Crippen molar-refractivity contribution in [2.24, 2.45) is 0 Å². The van der Waals surface area contributed by atoms with E-state index in [1.807, 2.05) is 53.7 Å². The first kappa shape index (κ1) is 61.2. The lowest BCUT2D eigenvalue weighted by molar-refractivity contribution is 0.271. The van der Waals surface area contributed by atoms with Crippen LogP contribution in [0.1, 0.15) is 80.1 Å². The molecule has 0 N–H and O–H groups in total. The number of hydrogen-bond acceptors (Lipinski definition) is 31. The number of thiophene rings is 3. The molecule has 0 aliphatic rings. The Kier molecular flexibility index (Phi) is 18.6. The average Bonchev–Trinajstić information content (AvgIpc) is 1.66. The van der Waals surface area contributed by atoms with Gasteiger partial charge in [-0.2, -0.15) is 0 Å². The van der Waals surface area contributed by atoms with Gasteiger partial charge in [-0.05, 0) is 87.1 Å². The number of nitrogens with zero attached hydrogens (tertiary/aromatic N) is 16. The predicted molar refractivity (Wildman–Crippen MR) is 338 cm³/mol. The molecule has 0 aliphatic heterocycles. The largest absolute Gasteiger partial charge is 0.488 e. The monoisotopic (exact) mass is 1310 g/mol. The molecule has 13 aromatic rings. The summed E-state index contributed by atoms with van der Waals surface area (Å²) in [4.78, 5) is 21.4. The summed E-state index contributed by atoms with van der Waals surface area (Å²) in [5, 5.41) is 52.8. The lowest BCUT2D eigenvalue weighted by atomic mass is 10.3. The Morgan fingerprint density at radius 3 is 0.667 bits per heavy atom. The molecule has 28 nitrogen and oxygen atoms in total. The van der Waals surface area contributed by atoms with Crippen molar-refractivity contribution in [1.82, 2.24) is 81.1 Å². The van der Waals surface area contributed by atoms with Crippen LogP contribution in [0.4, 0.5) is 0 Å². The minimum atomic E-state index is 0.0920. The fraction of sp³-hybridized carbons (Fsp3) is 0.290. The van der Waals surface area contributed by atoms with Gasteiger partial charge in [-0.1, -0.05) is 65.8 Å². The van der Waals surface area contributed by atoms with E-state index in [4.69, 9.17) is 64.9 Å². The highest BCUT2D eigenvalue weighted by atomic mass is 32.1. The second-order valence-corrected chi connectivity index (χ2v) is 23.1. The summed E-state index contributed by atoms with van der Waals surface area (Å²) in [5.41, 5.74) is 2.36. The smallest absolute Gasteiger partial charge is 0.266 e. The zero-order valence-corrected chi connectivity index (χ0v) is 53.3. The Balaban J connectivity index is 0.778. The lowest BCUT2D eigenvalue weighted by Crippen LogP contribution is -2.01. The van der Waals surface area contributed by atoms with Crippen LogP contribution in [-0.4, -0.2) is 121 Å². The van der Waals surface area contributed by atoms with E-state index in [2.05, 4.69) is 71.2 Å². The van der Waals surface area contributed by atoms with Gasteiger partial charge in [0.05, 0.1) is 39.6 Å². The molecule has 0 aliphatic carbocycles. The van der Waals surface area contributed by atoms with Crippen molar-refractivity contribution >= 4 is 34.0 Å². The molecule has 0 radical (unpaired) electrons. The van der Waals surface area contributed by atoms with Crippen molar-refractivity contribution in [1.29, 1.82) is 0 Å². The van der Waals surface area contributed by atoms with E-state index in [1.165, 1.54) is 34.0 Å². The first-order chi connectivity index (χ1) is 45.8. The van der Waals surface area contributed by atoms with Gasteiger partial charge in [0.2, 0.25) is 0 Å². The molecule has 31 heteroatoms. The lowest BCUT2D eigenvalue weighted by Gasteiger charge is -2.10. The van der Waals surface area contributed by atoms with E-state index in [1.54, 1.807) is 73.1 Å². The van der Waals surface area contributed by atoms with E-state index >= 15 is 0 Å². The van der Waals surface area contributed by atoms with Crippen LogP contribution in [0.25, 0.3) is 134 Å². The van der Waals surface area contributed by atoms with Crippen LogP contribution in [-0.2, 0) is 0 Å². The highest BCUT2D eigenvalue weighted by Gasteiger charge is 2.34. The third-order valence-electron chi connectivity index (χ3n) is 13.0. The Morgan fingerprint density at radius 1 is 0.258 bits per heavy atom. The van der Waals surface area contributed by atoms with Crippen LogP contribution in [0, 0.1) is 0 Å². The molecule has 0 amide bonds. The zero-order chi connectivity index (χ0) is 63.6. The standard InChI is InChI=1S/C62H56N16O12S3/c1-7-27-79-39-41(81-29-9-3)47(91-45(39)57-73-67-51(85-57)33-19-13-15-25-63-33)59-75-69-53(87-59)35-21-17-23-37(65-35)55-71-77-61(89-55)49-43(83-31-11-5)44(84-32-12-6)50(93-49)62-78-72-56(90-62)38-24-18-22-36(66-38)54-70-76-60(88-54)48-42(82-30-10-4)40(80-28-8-2)46(92-48)58-74-68-52(86-58)34-20-14-16-26-64-34/h13-26H,7-12,27-32H2,1-6H3. The summed E-state index contributed by atoms with van der Waals surface area (Å²) in [6, 6.07) is 21.3. The van der Waals surface area contributed by atoms with Gasteiger partial charge in [0, 0.05) is 12.4 Å². The molecular weight excluding hydrogens is 1260 g/mol. The summed E-state index contributed by atoms with van der Waals surface area (Å²) >= 11 is 3.73. The molecular formula is C62H56N16O12S3. The summed E-state index contributed by atoms with van der Waals surface area (Å²) in [6.07, 6.45) is 7.56. The first-order valence-corrected chi connectivity index (χ1v) is 32.4. The maximum absolute atomic E-state index is 6.42. The number of rotatable bonds is 30. The highest BCUT2D eigenvalue weighted by molar-refractivity contribution is 7.20. The van der Waals surface area contributed by atoms with Gasteiger partial charge in [-0.3, -0.25) is 9.97 Å². The van der Waals surface area contributed by atoms with Crippen molar-refractivity contribution in [3.05, 3.63) is 85.2 Å². The van der Waals surface area contributed by atoms with E-state index in [9.17, 15) is 0 Å². The van der Waals surface area contributed by atoms with E-state index in [-0.39, 0.29) is 70.7 Å². The van der Waals surface area contributed by atoms with Crippen molar-refractivity contribution < 1.29 is 54.9 Å². The van der Waals surface area contributed by atoms with Crippen molar-refractivity contribution in [3.63, 3.8) is 0 Å². The predicted octanol–water partition coefficient (Wildman–Crippen LogP) is 14.5. The second-order valence-electron chi connectivity index (χ2n) is 20.1. The van der Waals surface area contributed by atoms with Crippen LogP contribution >= 0.6 is 34.0 Å². The van der Waals surface area contributed by atoms with Gasteiger partial charge in [-0.15, -0.1) is 95.2 Å². The fourth-order valence-corrected chi connectivity index (χ4v) is 12.0. The maximum atomic E-state index is 6.42. The second kappa shape index (κ2) is 28.2. The SMILES string of the molecule is CCCOc1c(-c2nnc(-c3ccccn3)o2)sc(-c2nnc(-c3cccc(-c4nnc(-c5sc(-c6nnc(-c7cccc(-c8nnc(-c9sc(-c%10nnc(-c%11ccccn%11)o%10)c(OCCC)c9OCCC)o8)n7)o6)c(OCCC)c5OCCC)o4)n3)o2)c1OCCC. The minimum absolute atomic E-state index is 0.0920. The van der Waals surface area contributed by atoms with Crippen molar-refractivity contribution in [2.75, 3.05) is 39.6 Å². The molecule has 0 saturated heterocycles. The summed E-state index contributed by atoms with van der Waals surface area (Å²) in [6.45, 7) is 14.2. The van der Waals surface area contributed by atoms with Gasteiger partial charge in [-0.25, -0.2) is 9.97 Å². The third-order valence-corrected chi connectivity index (χ3v) is 16.4. The molecule has 0 aromatic carbocycles. The fourth-order valence-electron chi connectivity index (χ4n) is 8.89. The molecule has 93 heavy (non-hydrogen) atoms. The van der Waals surface area contributed by atoms with E-state index in [0.29, 0.717) is 150 Å². The first-order valence-electron chi connectivity index (χ1n) is 29.9. The van der Waals surface area contributed by atoms with Gasteiger partial charge < -0.3 is 54.9 Å². The molecule has 13 rings (SSSR count). The molecule has 0 atom stereocenters. The average molecular weight is 1310 g/mol. The van der Waals surface area contributed by atoms with Crippen LogP contribution in [0.3, 0.4) is 0 Å². The molecule has 0 spiro atoms. The van der Waals surface area contributed by atoms with Gasteiger partial charge in [0.15, 0.2) is 34.5 Å². The van der Waals surface area contributed by atoms with Gasteiger partial charge in [0.1, 0.15) is 63.4 Å². The Labute approximate surface area is 540 Å². The van der Waals surface area contributed by atoms with Crippen molar-refractivity contribution in [3.8, 4) is 169 Å². The van der Waals surface area contributed by atoms with Crippen molar-refractivity contribution in [2.45, 2.75) is 80.1 Å². The summed E-state index contributed by atoms with van der Waals surface area (Å²) in [7, 11) is 0. The van der Waals surface area contributed by atoms with Crippen LogP contribution in [0.2, 0.25) is 0 Å². The molecule has 0 bridgehead atoms. The van der Waals surface area contributed by atoms with Crippen LogP contribution in [0.15, 0.2) is 112 Å². The minimum Gasteiger partial charge on any atom is -0.488 e. The number of ether oxygens (including phenoxy) is 6. The topological polar surface area (TPSA) is 340 Å². The number of pyridine rings is 4. The number of hydrogen-bond donors (Lipinski definition) is 0. The third kappa shape index (κ3) is 12.9. The molecule has 0 saturated carbocycles. The Hall–Kier alpha value is -10.7. The summed E-state index contributed by atoms with van der Waals surface area (Å²) < 4.78 is 75.9. The zero-order valence-electron chi connectivity index (χ0n) is 50.8. The molecule has 13 heterocycles. The number of aromatic nitrogens is 16. The van der Waals surface area contributed by atoms with E-state index in [0.717, 1.165) is 25.7 Å². The van der Waals surface area contributed by atoms with Gasteiger partial charge >= 0.3 is 0 Å². The van der Waals surface area contributed by atoms with Gasteiger partial charge in [0.25, 0.3) is 70.7 Å². The highest BCUT2D eigenvalue weighted by Crippen LogP contribution is 2.56. The Morgan fingerprint density at radius 2 is 0.462 bits per heavy atom.